The monoisotopic (exact) mass is 432 g/mol. The zero-order valence-corrected chi connectivity index (χ0v) is 18.1. The standard InChI is InChI=1S/C25H24N2O3S/c1-30-22-12-6-11-21(16-22)27-24(29)17-31-25(27)19-9-5-10-20(15-19)26-23(28)14-13-18-7-3-2-4-8-18/h2-12,15-16,25H,13-14,17H2,1H3,(H,26,28)/t25-/m1/s1. The molecule has 0 spiro atoms. The number of carbonyl (C=O) groups is 2. The lowest BCUT2D eigenvalue weighted by Gasteiger charge is -2.25. The van der Waals surface area contributed by atoms with E-state index in [-0.39, 0.29) is 17.2 Å². The van der Waals surface area contributed by atoms with Crippen LogP contribution in [0.1, 0.15) is 22.9 Å². The molecule has 0 saturated carbocycles. The molecular formula is C25H24N2O3S. The number of hydrogen-bond acceptors (Lipinski definition) is 4. The first-order valence-electron chi connectivity index (χ1n) is 10.2. The Kier molecular flexibility index (Phi) is 6.57. The number of rotatable bonds is 7. The van der Waals surface area contributed by atoms with E-state index < -0.39 is 0 Å². The summed E-state index contributed by atoms with van der Waals surface area (Å²) in [6.45, 7) is 0. The van der Waals surface area contributed by atoms with Gasteiger partial charge in [0.15, 0.2) is 0 Å². The summed E-state index contributed by atoms with van der Waals surface area (Å²) in [6, 6.07) is 25.2. The minimum absolute atomic E-state index is 0.0270. The van der Waals surface area contributed by atoms with E-state index >= 15 is 0 Å². The number of nitrogens with one attached hydrogen (secondary N) is 1. The Labute approximate surface area is 186 Å². The van der Waals surface area contributed by atoms with Gasteiger partial charge in [-0.2, -0.15) is 0 Å². The van der Waals surface area contributed by atoms with Gasteiger partial charge >= 0.3 is 0 Å². The molecule has 1 N–H and O–H groups in total. The van der Waals surface area contributed by atoms with Gasteiger partial charge < -0.3 is 10.1 Å². The minimum Gasteiger partial charge on any atom is -0.497 e. The van der Waals surface area contributed by atoms with Crippen LogP contribution >= 0.6 is 11.8 Å². The Morgan fingerprint density at radius 1 is 1.06 bits per heavy atom. The predicted octanol–water partition coefficient (Wildman–Crippen LogP) is 5.05. The molecule has 3 aromatic carbocycles. The lowest BCUT2D eigenvalue weighted by molar-refractivity contribution is -0.116. The van der Waals surface area contributed by atoms with Crippen molar-refractivity contribution < 1.29 is 14.3 Å². The molecule has 31 heavy (non-hydrogen) atoms. The van der Waals surface area contributed by atoms with E-state index in [0.29, 0.717) is 24.3 Å². The van der Waals surface area contributed by atoms with Crippen LogP contribution in [0.5, 0.6) is 5.75 Å². The number of carbonyl (C=O) groups excluding carboxylic acids is 2. The number of thioether (sulfide) groups is 1. The molecule has 1 aliphatic rings. The Morgan fingerprint density at radius 3 is 2.68 bits per heavy atom. The number of anilines is 2. The topological polar surface area (TPSA) is 58.6 Å². The molecular weight excluding hydrogens is 408 g/mol. The van der Waals surface area contributed by atoms with Crippen LogP contribution in [-0.4, -0.2) is 24.7 Å². The van der Waals surface area contributed by atoms with E-state index in [4.69, 9.17) is 4.74 Å². The maximum Gasteiger partial charge on any atom is 0.238 e. The predicted molar refractivity (Wildman–Crippen MR) is 126 cm³/mol. The maximum absolute atomic E-state index is 12.6. The molecule has 0 aromatic heterocycles. The van der Waals surface area contributed by atoms with Gasteiger partial charge in [0, 0.05) is 23.9 Å². The SMILES string of the molecule is COc1cccc(N2C(=O)CS[C@@H]2c2cccc(NC(=O)CCc3ccccc3)c2)c1. The van der Waals surface area contributed by atoms with Gasteiger partial charge in [0.2, 0.25) is 11.8 Å². The smallest absolute Gasteiger partial charge is 0.238 e. The van der Waals surface area contributed by atoms with Crippen molar-refractivity contribution in [2.45, 2.75) is 18.2 Å². The second-order valence-corrected chi connectivity index (χ2v) is 8.36. The number of benzene rings is 3. The average Bonchev–Trinajstić information content (AvgIpc) is 3.20. The van der Waals surface area contributed by atoms with E-state index in [1.54, 1.807) is 23.8 Å². The summed E-state index contributed by atoms with van der Waals surface area (Å²) in [6.07, 6.45) is 1.11. The van der Waals surface area contributed by atoms with Crippen LogP contribution in [0, 0.1) is 0 Å². The third-order valence-electron chi connectivity index (χ3n) is 5.14. The molecule has 1 heterocycles. The molecule has 1 fully saturated rings. The second kappa shape index (κ2) is 9.71. The van der Waals surface area contributed by atoms with Crippen molar-refractivity contribution in [3.63, 3.8) is 0 Å². The molecule has 1 atom stereocenters. The van der Waals surface area contributed by atoms with E-state index in [2.05, 4.69) is 5.32 Å². The van der Waals surface area contributed by atoms with Crippen molar-refractivity contribution >= 4 is 35.0 Å². The summed E-state index contributed by atoms with van der Waals surface area (Å²) in [5, 5.41) is 2.84. The van der Waals surface area contributed by atoms with Gasteiger partial charge in [0.1, 0.15) is 11.1 Å². The van der Waals surface area contributed by atoms with Crippen LogP contribution in [0.15, 0.2) is 78.9 Å². The third-order valence-corrected chi connectivity index (χ3v) is 6.35. The van der Waals surface area contributed by atoms with E-state index in [9.17, 15) is 9.59 Å². The molecule has 6 heteroatoms. The molecule has 1 saturated heterocycles. The highest BCUT2D eigenvalue weighted by Crippen LogP contribution is 2.42. The zero-order chi connectivity index (χ0) is 21.6. The average molecular weight is 433 g/mol. The Bertz CT molecular complexity index is 1070. The van der Waals surface area contributed by atoms with Crippen molar-refractivity contribution in [3.8, 4) is 5.75 Å². The molecule has 0 aliphatic carbocycles. The molecule has 0 radical (unpaired) electrons. The Balaban J connectivity index is 1.47. The molecule has 1 aliphatic heterocycles. The lowest BCUT2D eigenvalue weighted by Crippen LogP contribution is -2.27. The number of aryl methyl sites for hydroxylation is 1. The van der Waals surface area contributed by atoms with Gasteiger partial charge in [-0.25, -0.2) is 0 Å². The number of nitrogens with zero attached hydrogens (tertiary/aromatic N) is 1. The summed E-state index contributed by atoms with van der Waals surface area (Å²) in [4.78, 5) is 26.9. The number of hydrogen-bond donors (Lipinski definition) is 1. The number of methoxy groups -OCH3 is 1. The first-order chi connectivity index (χ1) is 15.1. The summed E-state index contributed by atoms with van der Waals surface area (Å²) >= 11 is 1.58. The van der Waals surface area contributed by atoms with Crippen LogP contribution < -0.4 is 15.0 Å². The van der Waals surface area contributed by atoms with Gasteiger partial charge in [-0.3, -0.25) is 14.5 Å². The second-order valence-electron chi connectivity index (χ2n) is 7.29. The van der Waals surface area contributed by atoms with Crippen LogP contribution in [0.2, 0.25) is 0 Å². The highest BCUT2D eigenvalue weighted by Gasteiger charge is 2.34. The van der Waals surface area contributed by atoms with Crippen LogP contribution in [0.25, 0.3) is 0 Å². The molecule has 0 unspecified atom stereocenters. The molecule has 3 aromatic rings. The number of ether oxygens (including phenoxy) is 1. The van der Waals surface area contributed by atoms with E-state index in [1.807, 2.05) is 78.9 Å². The van der Waals surface area contributed by atoms with Crippen molar-refractivity contribution in [2.75, 3.05) is 23.1 Å². The van der Waals surface area contributed by atoms with Crippen LogP contribution in [0.4, 0.5) is 11.4 Å². The largest absolute Gasteiger partial charge is 0.497 e. The van der Waals surface area contributed by atoms with E-state index in [0.717, 1.165) is 22.5 Å². The highest BCUT2D eigenvalue weighted by molar-refractivity contribution is 8.00. The third kappa shape index (κ3) is 5.09. The zero-order valence-electron chi connectivity index (χ0n) is 17.3. The summed E-state index contributed by atoms with van der Waals surface area (Å²) in [5.41, 5.74) is 3.65. The first kappa shape index (κ1) is 21.0. The fourth-order valence-electron chi connectivity index (χ4n) is 3.61. The summed E-state index contributed by atoms with van der Waals surface area (Å²) in [5.74, 6) is 1.15. The molecule has 0 bridgehead atoms. The lowest BCUT2D eigenvalue weighted by atomic mass is 10.1. The molecule has 2 amide bonds. The fourth-order valence-corrected chi connectivity index (χ4v) is 4.77. The van der Waals surface area contributed by atoms with Crippen molar-refractivity contribution in [2.24, 2.45) is 0 Å². The normalized spacial score (nSPS) is 15.7. The van der Waals surface area contributed by atoms with Gasteiger partial charge in [-0.1, -0.05) is 48.5 Å². The van der Waals surface area contributed by atoms with Gasteiger partial charge in [-0.15, -0.1) is 11.8 Å². The van der Waals surface area contributed by atoms with Crippen molar-refractivity contribution in [3.05, 3.63) is 90.0 Å². The van der Waals surface area contributed by atoms with Gasteiger partial charge in [0.25, 0.3) is 0 Å². The molecule has 158 valence electrons. The fraction of sp³-hybridized carbons (Fsp3) is 0.200. The summed E-state index contributed by atoms with van der Waals surface area (Å²) in [7, 11) is 1.61. The van der Waals surface area contributed by atoms with Gasteiger partial charge in [0.05, 0.1) is 12.9 Å². The van der Waals surface area contributed by atoms with Gasteiger partial charge in [-0.05, 0) is 41.8 Å². The quantitative estimate of drug-likeness (QED) is 0.568. The Morgan fingerprint density at radius 2 is 1.87 bits per heavy atom. The molecule has 5 nitrogen and oxygen atoms in total. The van der Waals surface area contributed by atoms with Crippen LogP contribution in [-0.2, 0) is 16.0 Å². The summed E-state index contributed by atoms with van der Waals surface area (Å²) < 4.78 is 5.32. The highest BCUT2D eigenvalue weighted by atomic mass is 32.2. The maximum atomic E-state index is 12.6. The minimum atomic E-state index is -0.152. The van der Waals surface area contributed by atoms with Crippen molar-refractivity contribution in [1.29, 1.82) is 0 Å². The Hall–Kier alpha value is -3.25. The van der Waals surface area contributed by atoms with Crippen LogP contribution in [0.3, 0.4) is 0 Å². The van der Waals surface area contributed by atoms with E-state index in [1.165, 1.54) is 0 Å². The first-order valence-corrected chi connectivity index (χ1v) is 11.2. The molecule has 4 rings (SSSR count). The van der Waals surface area contributed by atoms with Crippen molar-refractivity contribution in [1.82, 2.24) is 0 Å². The number of amides is 2.